The van der Waals surface area contributed by atoms with E-state index in [1.54, 1.807) is 0 Å². The van der Waals surface area contributed by atoms with Gasteiger partial charge in [-0.25, -0.2) is 0 Å². The van der Waals surface area contributed by atoms with Crippen LogP contribution >= 0.6 is 0 Å². The number of nitrogens with one attached hydrogen (secondary N) is 1. The molecule has 182 valence electrons. The second kappa shape index (κ2) is 8.90. The highest BCUT2D eigenvalue weighted by Crippen LogP contribution is 2.68. The number of hydrogen-bond acceptors (Lipinski definition) is 5. The molecule has 10 atom stereocenters. The number of carboxylic acids is 1. The molecule has 4 fully saturated rings. The fourth-order valence-corrected chi connectivity index (χ4v) is 8.99. The Labute approximate surface area is 192 Å². The Morgan fingerprint density at radius 2 is 1.72 bits per heavy atom. The van der Waals surface area contributed by atoms with E-state index < -0.39 is 12.5 Å². The topological polar surface area (TPSA) is 110 Å². The molecule has 0 aromatic carbocycles. The lowest BCUT2D eigenvalue weighted by Gasteiger charge is -2.62. The Hall–Kier alpha value is -1.14. The van der Waals surface area contributed by atoms with Gasteiger partial charge in [0.05, 0.1) is 24.7 Å². The third kappa shape index (κ3) is 4.11. The van der Waals surface area contributed by atoms with Gasteiger partial charge in [-0.1, -0.05) is 20.8 Å². The first kappa shape index (κ1) is 24.0. The minimum Gasteiger partial charge on any atom is -0.548 e. The van der Waals surface area contributed by atoms with Crippen molar-refractivity contribution in [2.24, 2.45) is 46.3 Å². The number of amides is 1. The first-order valence-electron chi connectivity index (χ1n) is 12.9. The molecule has 1 amide bonds. The normalized spacial score (nSPS) is 46.5. The number of aliphatic carboxylic acids is 1. The van der Waals surface area contributed by atoms with Crippen LogP contribution in [0.4, 0.5) is 0 Å². The van der Waals surface area contributed by atoms with Gasteiger partial charge in [-0.3, -0.25) is 4.79 Å². The van der Waals surface area contributed by atoms with Crippen LogP contribution in [0.5, 0.6) is 0 Å². The standard InChI is InChI=1S/C26H43NO5/c1-15(4-7-22(30)27-14-23(31)32)18-5-6-19-24-20(9-11-26(18,19)3)25(2)10-8-17(28)12-16(25)13-21(24)29/h15-21,24,28-29H,4-14H2,1-3H3,(H,27,30)(H,31,32)/p-1/t15-,16+,17-,18-,19+,20+,21+,24+,25+,26-/m1/s1. The molecule has 6 heteroatoms. The summed E-state index contributed by atoms with van der Waals surface area (Å²) in [6, 6.07) is 0. The molecule has 0 spiro atoms. The Kier molecular flexibility index (Phi) is 6.68. The molecule has 0 heterocycles. The molecule has 32 heavy (non-hydrogen) atoms. The summed E-state index contributed by atoms with van der Waals surface area (Å²) in [5.41, 5.74) is 0.436. The third-order valence-electron chi connectivity index (χ3n) is 10.7. The van der Waals surface area contributed by atoms with Crippen molar-refractivity contribution in [3.8, 4) is 0 Å². The predicted molar refractivity (Wildman–Crippen MR) is 119 cm³/mol. The zero-order chi connectivity index (χ0) is 23.3. The Morgan fingerprint density at radius 1 is 1.03 bits per heavy atom. The van der Waals surface area contributed by atoms with Crippen LogP contribution in [-0.4, -0.2) is 40.8 Å². The number of fused-ring (bicyclic) bond motifs is 5. The maximum Gasteiger partial charge on any atom is 0.220 e. The average Bonchev–Trinajstić information content (AvgIpc) is 3.09. The second-order valence-corrected chi connectivity index (χ2v) is 12.1. The van der Waals surface area contributed by atoms with Gasteiger partial charge in [0.25, 0.3) is 0 Å². The van der Waals surface area contributed by atoms with E-state index in [0.29, 0.717) is 41.9 Å². The molecule has 0 radical (unpaired) electrons. The lowest BCUT2D eigenvalue weighted by Crippen LogP contribution is -2.58. The second-order valence-electron chi connectivity index (χ2n) is 12.1. The summed E-state index contributed by atoms with van der Waals surface area (Å²) in [4.78, 5) is 22.6. The first-order chi connectivity index (χ1) is 15.1. The fraction of sp³-hybridized carbons (Fsp3) is 0.923. The molecule has 4 rings (SSSR count). The van der Waals surface area contributed by atoms with E-state index in [4.69, 9.17) is 0 Å². The van der Waals surface area contributed by atoms with E-state index in [9.17, 15) is 24.9 Å². The zero-order valence-corrected chi connectivity index (χ0v) is 20.0. The Bertz CT molecular complexity index is 727. The van der Waals surface area contributed by atoms with Crippen LogP contribution in [0.15, 0.2) is 0 Å². The molecule has 4 aliphatic rings. The largest absolute Gasteiger partial charge is 0.548 e. The summed E-state index contributed by atoms with van der Waals surface area (Å²) >= 11 is 0. The first-order valence-corrected chi connectivity index (χ1v) is 12.9. The quantitative estimate of drug-likeness (QED) is 0.577. The van der Waals surface area contributed by atoms with Crippen LogP contribution in [0.2, 0.25) is 0 Å². The van der Waals surface area contributed by atoms with Crippen molar-refractivity contribution < 1.29 is 24.9 Å². The number of hydrogen-bond donors (Lipinski definition) is 3. The van der Waals surface area contributed by atoms with Gasteiger partial charge in [-0.05, 0) is 104 Å². The number of carboxylic acid groups (broad SMARTS) is 1. The van der Waals surface area contributed by atoms with Gasteiger partial charge in [-0.15, -0.1) is 0 Å². The highest BCUT2D eigenvalue weighted by molar-refractivity contribution is 5.80. The minimum atomic E-state index is -1.26. The van der Waals surface area contributed by atoms with Crippen molar-refractivity contribution in [2.45, 2.75) is 97.2 Å². The summed E-state index contributed by atoms with van der Waals surface area (Å²) in [6.07, 6.45) is 8.95. The third-order valence-corrected chi connectivity index (χ3v) is 10.7. The molecule has 4 saturated carbocycles. The number of aliphatic hydroxyl groups excluding tert-OH is 2. The molecular weight excluding hydrogens is 406 g/mol. The highest BCUT2D eigenvalue weighted by atomic mass is 16.4. The number of aliphatic hydroxyl groups is 2. The van der Waals surface area contributed by atoms with E-state index in [1.807, 2.05) is 0 Å². The van der Waals surface area contributed by atoms with Crippen LogP contribution in [0.3, 0.4) is 0 Å². The van der Waals surface area contributed by atoms with E-state index in [2.05, 4.69) is 26.1 Å². The van der Waals surface area contributed by atoms with E-state index in [0.717, 1.165) is 51.4 Å². The van der Waals surface area contributed by atoms with Gasteiger partial charge >= 0.3 is 0 Å². The molecule has 0 aromatic rings. The van der Waals surface area contributed by atoms with Crippen molar-refractivity contribution in [3.05, 3.63) is 0 Å². The molecule has 0 saturated heterocycles. The van der Waals surface area contributed by atoms with E-state index in [1.165, 1.54) is 6.42 Å². The molecule has 0 bridgehead atoms. The van der Waals surface area contributed by atoms with Gasteiger partial charge in [0.15, 0.2) is 0 Å². The molecule has 0 unspecified atom stereocenters. The monoisotopic (exact) mass is 448 g/mol. The zero-order valence-electron chi connectivity index (χ0n) is 20.0. The van der Waals surface area contributed by atoms with Crippen molar-refractivity contribution >= 4 is 11.9 Å². The number of rotatable bonds is 6. The van der Waals surface area contributed by atoms with Crippen LogP contribution in [0.25, 0.3) is 0 Å². The SMILES string of the molecule is C[C@H](CCC(=O)NCC(=O)[O-])[C@H]1CC[C@H]2[C@@H]3[C@@H](O)C[C@@H]4C[C@H](O)CC[C@]4(C)[C@H]3CC[C@]12C. The molecule has 4 aliphatic carbocycles. The van der Waals surface area contributed by atoms with Crippen molar-refractivity contribution in [3.63, 3.8) is 0 Å². The highest BCUT2D eigenvalue weighted by Gasteiger charge is 2.62. The molecular formula is C26H42NO5-. The van der Waals surface area contributed by atoms with Crippen LogP contribution in [0, 0.1) is 46.3 Å². The fourth-order valence-electron chi connectivity index (χ4n) is 8.99. The Morgan fingerprint density at radius 3 is 2.44 bits per heavy atom. The van der Waals surface area contributed by atoms with Crippen molar-refractivity contribution in [1.29, 1.82) is 0 Å². The van der Waals surface area contributed by atoms with Gasteiger partial charge in [0, 0.05) is 6.42 Å². The van der Waals surface area contributed by atoms with Gasteiger partial charge in [0.1, 0.15) is 0 Å². The minimum absolute atomic E-state index is 0.195. The van der Waals surface area contributed by atoms with Gasteiger partial charge in [0.2, 0.25) is 5.91 Å². The van der Waals surface area contributed by atoms with Gasteiger partial charge in [-0.2, -0.15) is 0 Å². The smallest absolute Gasteiger partial charge is 0.220 e. The van der Waals surface area contributed by atoms with Crippen LogP contribution in [-0.2, 0) is 9.59 Å². The lowest BCUT2D eigenvalue weighted by atomic mass is 9.43. The van der Waals surface area contributed by atoms with E-state index in [-0.39, 0.29) is 28.9 Å². The maximum atomic E-state index is 12.0. The lowest BCUT2D eigenvalue weighted by molar-refractivity contribution is -0.304. The molecule has 6 nitrogen and oxygen atoms in total. The van der Waals surface area contributed by atoms with Crippen molar-refractivity contribution in [2.75, 3.05) is 6.54 Å². The number of carbonyl (C=O) groups excluding carboxylic acids is 2. The van der Waals surface area contributed by atoms with E-state index >= 15 is 0 Å². The van der Waals surface area contributed by atoms with Crippen molar-refractivity contribution in [1.82, 2.24) is 5.32 Å². The Balaban J connectivity index is 1.44. The average molecular weight is 449 g/mol. The maximum absolute atomic E-state index is 12.0. The summed E-state index contributed by atoms with van der Waals surface area (Å²) < 4.78 is 0. The number of carbonyl (C=O) groups is 2. The predicted octanol–water partition coefficient (Wildman–Crippen LogP) is 2.26. The molecule has 0 aliphatic heterocycles. The van der Waals surface area contributed by atoms with Gasteiger partial charge < -0.3 is 25.4 Å². The molecule has 0 aromatic heterocycles. The summed E-state index contributed by atoms with van der Waals surface area (Å²) in [6.45, 7) is 6.70. The van der Waals surface area contributed by atoms with Crippen LogP contribution in [0.1, 0.15) is 85.0 Å². The van der Waals surface area contributed by atoms with Crippen LogP contribution < -0.4 is 10.4 Å². The summed E-state index contributed by atoms with van der Waals surface area (Å²) in [5.74, 6) is 1.31. The summed E-state index contributed by atoms with van der Waals surface area (Å²) in [5, 5.41) is 34.5. The summed E-state index contributed by atoms with van der Waals surface area (Å²) in [7, 11) is 0. The molecule has 3 N–H and O–H groups in total.